The maximum absolute atomic E-state index is 10.6. The normalized spacial score (nSPS) is 12.8. The molecule has 1 unspecified atom stereocenters. The number of carbonyl (C=O) groups is 1. The maximum Gasteiger partial charge on any atom is 0.243 e. The molecule has 2 N–H and O–H groups in total. The van der Waals surface area contributed by atoms with Crippen LogP contribution in [0.2, 0.25) is 0 Å². The molecule has 0 aliphatic rings. The Morgan fingerprint density at radius 3 is 3.00 bits per heavy atom. The Morgan fingerprint density at radius 1 is 1.60 bits per heavy atom. The number of rotatable bonds is 6. The van der Waals surface area contributed by atoms with Crippen molar-refractivity contribution in [3.05, 3.63) is 23.7 Å². The lowest BCUT2D eigenvalue weighted by Gasteiger charge is -2.09. The highest BCUT2D eigenvalue weighted by atomic mass is 35.5. The number of alkyl halides is 1. The molecule has 0 fully saturated rings. The second-order valence-electron chi connectivity index (χ2n) is 4.61. The van der Waals surface area contributed by atoms with Gasteiger partial charge in [0.25, 0.3) is 0 Å². The summed E-state index contributed by atoms with van der Waals surface area (Å²) < 4.78 is 7.09. The van der Waals surface area contributed by atoms with Crippen LogP contribution in [0.4, 0.5) is 0 Å². The summed E-state index contributed by atoms with van der Waals surface area (Å²) in [4.78, 5) is 19.5. The Bertz CT molecular complexity index is 624. The van der Waals surface area contributed by atoms with Crippen molar-refractivity contribution in [2.45, 2.75) is 25.8 Å². The molecule has 6 nitrogen and oxygen atoms in total. The fraction of sp³-hybridized carbons (Fsp3) is 0.462. The molecule has 0 bridgehead atoms. The van der Waals surface area contributed by atoms with E-state index in [1.54, 1.807) is 6.20 Å². The van der Waals surface area contributed by atoms with E-state index in [-0.39, 0.29) is 12.0 Å². The van der Waals surface area contributed by atoms with Crippen molar-refractivity contribution in [2.24, 2.45) is 5.73 Å². The van der Waals surface area contributed by atoms with E-state index in [2.05, 4.69) is 9.97 Å². The van der Waals surface area contributed by atoms with Gasteiger partial charge in [-0.3, -0.25) is 4.79 Å². The van der Waals surface area contributed by atoms with Crippen LogP contribution < -0.4 is 5.73 Å². The number of aromatic nitrogens is 3. The summed E-state index contributed by atoms with van der Waals surface area (Å²) in [6, 6.07) is 1.96. The quantitative estimate of drug-likeness (QED) is 0.647. The molecule has 0 spiro atoms. The van der Waals surface area contributed by atoms with Crippen molar-refractivity contribution < 1.29 is 9.53 Å². The van der Waals surface area contributed by atoms with Crippen molar-refractivity contribution in [3.8, 4) is 0 Å². The summed E-state index contributed by atoms with van der Waals surface area (Å²) >= 11 is 6.16. The highest BCUT2D eigenvalue weighted by Crippen LogP contribution is 2.23. The van der Waals surface area contributed by atoms with Crippen molar-refractivity contribution >= 4 is 28.7 Å². The molecule has 0 aromatic carbocycles. The second kappa shape index (κ2) is 6.19. The third kappa shape index (κ3) is 3.26. The van der Waals surface area contributed by atoms with Crippen LogP contribution in [0.1, 0.15) is 23.7 Å². The molecule has 2 rings (SSSR count). The van der Waals surface area contributed by atoms with E-state index in [1.807, 2.05) is 24.5 Å². The van der Waals surface area contributed by atoms with Crippen molar-refractivity contribution in [2.75, 3.05) is 13.2 Å². The van der Waals surface area contributed by atoms with Gasteiger partial charge in [-0.2, -0.15) is 0 Å². The molecule has 1 atom stereocenters. The van der Waals surface area contributed by atoms with E-state index in [0.29, 0.717) is 13.2 Å². The lowest BCUT2D eigenvalue weighted by Crippen LogP contribution is -2.20. The van der Waals surface area contributed by atoms with Crippen LogP contribution in [0.5, 0.6) is 0 Å². The Labute approximate surface area is 121 Å². The molecule has 0 aliphatic carbocycles. The number of primary amides is 1. The van der Waals surface area contributed by atoms with Gasteiger partial charge in [-0.15, -0.1) is 11.6 Å². The van der Waals surface area contributed by atoms with Crippen LogP contribution in [0.15, 0.2) is 12.3 Å². The maximum atomic E-state index is 10.6. The molecule has 108 valence electrons. The Hall–Kier alpha value is -1.66. The minimum Gasteiger partial charge on any atom is -0.370 e. The first-order valence-electron chi connectivity index (χ1n) is 6.32. The van der Waals surface area contributed by atoms with Crippen LogP contribution in [0, 0.1) is 6.92 Å². The molecule has 7 heteroatoms. The van der Waals surface area contributed by atoms with Gasteiger partial charge in [0.2, 0.25) is 5.91 Å². The van der Waals surface area contributed by atoms with Gasteiger partial charge in [0.1, 0.15) is 17.9 Å². The largest absolute Gasteiger partial charge is 0.370 e. The minimum atomic E-state index is -0.486. The molecule has 0 aliphatic heterocycles. The topological polar surface area (TPSA) is 83.0 Å². The number of nitrogens with zero attached hydrogens (tertiary/aromatic N) is 3. The third-order valence-corrected chi connectivity index (χ3v) is 3.01. The lowest BCUT2D eigenvalue weighted by atomic mass is 10.3. The molecular weight excluding hydrogens is 280 g/mol. The van der Waals surface area contributed by atoms with E-state index in [9.17, 15) is 4.79 Å². The predicted molar refractivity (Wildman–Crippen MR) is 76.5 cm³/mol. The average molecular weight is 297 g/mol. The van der Waals surface area contributed by atoms with Gasteiger partial charge in [0.05, 0.1) is 12.0 Å². The number of pyridine rings is 1. The Kier molecular flexibility index (Phi) is 4.57. The Balaban J connectivity index is 2.24. The number of aryl methyl sites for hydroxylation is 1. The van der Waals surface area contributed by atoms with Crippen LogP contribution in [-0.4, -0.2) is 33.7 Å². The smallest absolute Gasteiger partial charge is 0.243 e. The van der Waals surface area contributed by atoms with Crippen molar-refractivity contribution in [1.29, 1.82) is 0 Å². The number of imidazole rings is 1. The molecule has 20 heavy (non-hydrogen) atoms. The highest BCUT2D eigenvalue weighted by molar-refractivity contribution is 6.20. The van der Waals surface area contributed by atoms with Gasteiger partial charge in [0.15, 0.2) is 5.65 Å². The van der Waals surface area contributed by atoms with Gasteiger partial charge in [-0.25, -0.2) is 9.97 Å². The first-order chi connectivity index (χ1) is 9.49. The van der Waals surface area contributed by atoms with Gasteiger partial charge in [-0.05, 0) is 25.5 Å². The van der Waals surface area contributed by atoms with E-state index >= 15 is 0 Å². The summed E-state index contributed by atoms with van der Waals surface area (Å²) in [5.41, 5.74) is 7.64. The van der Waals surface area contributed by atoms with Crippen molar-refractivity contribution in [3.63, 3.8) is 0 Å². The molecule has 2 heterocycles. The molecule has 0 radical (unpaired) electrons. The molecular formula is C13H17ClN4O2. The summed E-state index contributed by atoms with van der Waals surface area (Å²) in [7, 11) is 0. The van der Waals surface area contributed by atoms with E-state index < -0.39 is 5.91 Å². The standard InChI is InChI=1S/C13H17ClN4O2/c1-8-5-10-13(16-6-8)18(12(17-10)9(2)14)3-4-20-7-11(15)19/h5-6,9H,3-4,7H2,1-2H3,(H2,15,19). The number of amides is 1. The van der Waals surface area contributed by atoms with Gasteiger partial charge in [0, 0.05) is 12.7 Å². The number of ether oxygens (including phenoxy) is 1. The van der Waals surface area contributed by atoms with Crippen molar-refractivity contribution in [1.82, 2.24) is 14.5 Å². The van der Waals surface area contributed by atoms with Crippen LogP contribution in [0.3, 0.4) is 0 Å². The monoisotopic (exact) mass is 296 g/mol. The zero-order valence-electron chi connectivity index (χ0n) is 11.5. The van der Waals surface area contributed by atoms with Gasteiger partial charge >= 0.3 is 0 Å². The molecule has 0 saturated heterocycles. The fourth-order valence-electron chi connectivity index (χ4n) is 1.98. The fourth-order valence-corrected chi connectivity index (χ4v) is 2.15. The van der Waals surface area contributed by atoms with Crippen LogP contribution >= 0.6 is 11.6 Å². The number of halogens is 1. The van der Waals surface area contributed by atoms with Gasteiger partial charge < -0.3 is 15.0 Å². The highest BCUT2D eigenvalue weighted by Gasteiger charge is 2.15. The zero-order chi connectivity index (χ0) is 14.7. The number of carbonyl (C=O) groups excluding carboxylic acids is 1. The minimum absolute atomic E-state index is 0.0923. The summed E-state index contributed by atoms with van der Waals surface area (Å²) in [5, 5.41) is -0.236. The van der Waals surface area contributed by atoms with E-state index in [0.717, 1.165) is 22.6 Å². The predicted octanol–water partition coefficient (Wildman–Crippen LogP) is 1.54. The van der Waals surface area contributed by atoms with E-state index in [1.165, 1.54) is 0 Å². The second-order valence-corrected chi connectivity index (χ2v) is 5.27. The average Bonchev–Trinajstić information content (AvgIpc) is 2.72. The zero-order valence-corrected chi connectivity index (χ0v) is 12.2. The van der Waals surface area contributed by atoms with Crippen LogP contribution in [-0.2, 0) is 16.1 Å². The summed E-state index contributed by atoms with van der Waals surface area (Å²) in [6.07, 6.45) is 1.79. The first kappa shape index (κ1) is 14.7. The third-order valence-electron chi connectivity index (χ3n) is 2.81. The van der Waals surface area contributed by atoms with E-state index in [4.69, 9.17) is 22.1 Å². The lowest BCUT2D eigenvalue weighted by molar-refractivity contribution is -0.122. The first-order valence-corrected chi connectivity index (χ1v) is 6.75. The SMILES string of the molecule is Cc1cnc2c(c1)nc(C(C)Cl)n2CCOCC(N)=O. The molecule has 1 amide bonds. The van der Waals surface area contributed by atoms with Crippen LogP contribution in [0.25, 0.3) is 11.2 Å². The molecule has 0 saturated carbocycles. The molecule has 2 aromatic heterocycles. The number of nitrogens with two attached hydrogens (primary N) is 1. The number of hydrogen-bond acceptors (Lipinski definition) is 4. The Morgan fingerprint density at radius 2 is 2.35 bits per heavy atom. The van der Waals surface area contributed by atoms with Gasteiger partial charge in [-0.1, -0.05) is 0 Å². The summed E-state index contributed by atoms with van der Waals surface area (Å²) in [6.45, 7) is 4.60. The summed E-state index contributed by atoms with van der Waals surface area (Å²) in [5.74, 6) is 0.252. The number of fused-ring (bicyclic) bond motifs is 1. The molecule has 2 aromatic rings. The number of hydrogen-bond donors (Lipinski definition) is 1.